The smallest absolute Gasteiger partial charge is 0.306 e. The number of aliphatic hydroxyl groups is 7. The molecule has 0 aliphatic carbocycles. The van der Waals surface area contributed by atoms with E-state index in [1.807, 2.05) is 36.5 Å². The standard InChI is InChI=1S/C51H84O15/c1-3-5-7-9-11-13-15-17-19-21-23-25-27-29-31-33-42(53)61-36-39(64-43(54)34-32-30-28-26-24-22-20-18-16-14-12-10-8-6-4-2)37-62-50-49(60)47(58)45(56)41(66-50)38-63-51-48(59)46(57)44(55)40(35-52)65-51/h6,8,10,12,14,16-20,23,25,39-41,44-52,55-60H,3-5,7,9,11,13,15,21-22,24,26-38H2,1-2H3/b8-6+,12-10+,16-14+,19-17+,20-18+,25-23+/t39-,40-,41-,44+,45+,46?,47?,48?,49?,50-,51-/m1/s1. The van der Waals surface area contributed by atoms with Crippen molar-refractivity contribution >= 4 is 11.9 Å². The summed E-state index contributed by atoms with van der Waals surface area (Å²) in [5, 5.41) is 72.0. The van der Waals surface area contributed by atoms with Crippen LogP contribution in [-0.4, -0.2) is 142 Å². The zero-order valence-electron chi connectivity index (χ0n) is 39.6. The van der Waals surface area contributed by atoms with E-state index in [-0.39, 0.29) is 19.4 Å². The lowest BCUT2D eigenvalue weighted by Crippen LogP contribution is -2.61. The molecule has 0 saturated carbocycles. The molecule has 2 fully saturated rings. The lowest BCUT2D eigenvalue weighted by atomic mass is 9.98. The van der Waals surface area contributed by atoms with Crippen LogP contribution in [0.15, 0.2) is 72.9 Å². The highest BCUT2D eigenvalue weighted by atomic mass is 16.7. The van der Waals surface area contributed by atoms with Crippen LogP contribution in [0.3, 0.4) is 0 Å². The summed E-state index contributed by atoms with van der Waals surface area (Å²) < 4.78 is 33.5. The summed E-state index contributed by atoms with van der Waals surface area (Å²) in [6, 6.07) is 0. The summed E-state index contributed by atoms with van der Waals surface area (Å²) in [6.45, 7) is 2.36. The summed E-state index contributed by atoms with van der Waals surface area (Å²) in [5.74, 6) is -0.998. The van der Waals surface area contributed by atoms with Crippen molar-refractivity contribution in [2.45, 2.75) is 210 Å². The van der Waals surface area contributed by atoms with Gasteiger partial charge in [0, 0.05) is 12.8 Å². The molecule has 7 N–H and O–H groups in total. The maximum atomic E-state index is 13.0. The van der Waals surface area contributed by atoms with Gasteiger partial charge in [0.2, 0.25) is 0 Å². The van der Waals surface area contributed by atoms with E-state index < -0.39 is 99.3 Å². The van der Waals surface area contributed by atoms with Crippen LogP contribution in [0.2, 0.25) is 0 Å². The molecule has 0 aromatic carbocycles. The average Bonchev–Trinajstić information content (AvgIpc) is 3.31. The molecule has 2 aliphatic rings. The molecule has 0 spiro atoms. The maximum absolute atomic E-state index is 13.0. The summed E-state index contributed by atoms with van der Waals surface area (Å²) in [5.41, 5.74) is 0. The summed E-state index contributed by atoms with van der Waals surface area (Å²) in [7, 11) is 0. The number of ether oxygens (including phenoxy) is 6. The van der Waals surface area contributed by atoms with Gasteiger partial charge in [0.05, 0.1) is 19.8 Å². The first kappa shape index (κ1) is 59.1. The van der Waals surface area contributed by atoms with E-state index in [1.54, 1.807) is 0 Å². The Morgan fingerprint density at radius 3 is 1.65 bits per heavy atom. The predicted octanol–water partition coefficient (Wildman–Crippen LogP) is 6.26. The minimum absolute atomic E-state index is 0.128. The molecule has 0 aromatic heterocycles. The Bertz CT molecular complexity index is 1430. The SMILES string of the molecule is CC/C=C/C=C/C=C/C=C/CCCCCCCC(=O)O[C@H](COC(=O)CCCC/C=C/C/C=C/CCCCCCCC)CO[C@@H]1O[C@H](CO[C@@H]2O[C@H](CO)[C@H](O)C(O)C2O)[C@H](O)C(O)C1O. The lowest BCUT2D eigenvalue weighted by Gasteiger charge is -2.42. The van der Waals surface area contributed by atoms with E-state index in [2.05, 4.69) is 50.3 Å². The van der Waals surface area contributed by atoms with E-state index in [4.69, 9.17) is 28.4 Å². The number of unbranched alkanes of at least 4 members (excludes halogenated alkanes) is 13. The Kier molecular flexibility index (Phi) is 33.9. The van der Waals surface area contributed by atoms with Gasteiger partial charge in [0.25, 0.3) is 0 Å². The number of carbonyl (C=O) groups excluding carboxylic acids is 2. The van der Waals surface area contributed by atoms with Crippen LogP contribution in [-0.2, 0) is 38.0 Å². The van der Waals surface area contributed by atoms with E-state index in [0.29, 0.717) is 12.8 Å². The number of carbonyl (C=O) groups is 2. The highest BCUT2D eigenvalue weighted by molar-refractivity contribution is 5.70. The Labute approximate surface area is 393 Å². The Morgan fingerprint density at radius 1 is 0.515 bits per heavy atom. The van der Waals surface area contributed by atoms with Gasteiger partial charge in [0.1, 0.15) is 55.4 Å². The highest BCUT2D eigenvalue weighted by Crippen LogP contribution is 2.26. The topological polar surface area (TPSA) is 231 Å². The van der Waals surface area contributed by atoms with E-state index in [1.165, 1.54) is 38.5 Å². The molecular weight excluding hydrogens is 853 g/mol. The Balaban J connectivity index is 1.86. The first-order valence-corrected chi connectivity index (χ1v) is 24.6. The molecular formula is C51H84O15. The molecule has 15 heteroatoms. The molecule has 4 unspecified atom stereocenters. The minimum atomic E-state index is -1.78. The van der Waals surface area contributed by atoms with Crippen LogP contribution in [0.25, 0.3) is 0 Å². The van der Waals surface area contributed by atoms with Gasteiger partial charge in [-0.1, -0.05) is 138 Å². The number of allylic oxidation sites excluding steroid dienone is 12. The van der Waals surface area contributed by atoms with Crippen LogP contribution >= 0.6 is 0 Å². The van der Waals surface area contributed by atoms with Crippen molar-refractivity contribution in [3.63, 3.8) is 0 Å². The number of esters is 2. The minimum Gasteiger partial charge on any atom is -0.462 e. The second-order valence-corrected chi connectivity index (χ2v) is 17.0. The lowest BCUT2D eigenvalue weighted by molar-refractivity contribution is -0.332. The molecule has 2 heterocycles. The normalized spacial score (nSPS) is 26.8. The molecule has 0 bridgehead atoms. The zero-order valence-corrected chi connectivity index (χ0v) is 39.6. The molecule has 66 heavy (non-hydrogen) atoms. The van der Waals surface area contributed by atoms with Crippen molar-refractivity contribution in [3.05, 3.63) is 72.9 Å². The molecule has 11 atom stereocenters. The molecule has 0 aromatic rings. The summed E-state index contributed by atoms with van der Waals surface area (Å²) in [4.78, 5) is 25.7. The van der Waals surface area contributed by atoms with E-state index >= 15 is 0 Å². The molecule has 2 rings (SSSR count). The number of aliphatic hydroxyl groups excluding tert-OH is 7. The van der Waals surface area contributed by atoms with Crippen LogP contribution < -0.4 is 0 Å². The van der Waals surface area contributed by atoms with Crippen LogP contribution in [0.4, 0.5) is 0 Å². The van der Waals surface area contributed by atoms with Gasteiger partial charge in [-0.15, -0.1) is 0 Å². The third-order valence-corrected chi connectivity index (χ3v) is 11.3. The monoisotopic (exact) mass is 937 g/mol. The highest BCUT2D eigenvalue weighted by Gasteiger charge is 2.47. The molecule has 0 radical (unpaired) electrons. The number of hydrogen-bond donors (Lipinski definition) is 7. The van der Waals surface area contributed by atoms with E-state index in [0.717, 1.165) is 64.2 Å². The van der Waals surface area contributed by atoms with Gasteiger partial charge in [-0.3, -0.25) is 9.59 Å². The number of hydrogen-bond acceptors (Lipinski definition) is 15. The van der Waals surface area contributed by atoms with Crippen molar-refractivity contribution in [2.24, 2.45) is 0 Å². The quantitative estimate of drug-likeness (QED) is 0.0159. The fraction of sp³-hybridized carbons (Fsp3) is 0.725. The van der Waals surface area contributed by atoms with Gasteiger partial charge in [-0.05, 0) is 64.2 Å². The third kappa shape index (κ3) is 25.9. The fourth-order valence-corrected chi connectivity index (χ4v) is 7.20. The maximum Gasteiger partial charge on any atom is 0.306 e. The summed E-state index contributed by atoms with van der Waals surface area (Å²) >= 11 is 0. The molecule has 15 nitrogen and oxygen atoms in total. The van der Waals surface area contributed by atoms with E-state index in [9.17, 15) is 45.3 Å². The van der Waals surface area contributed by atoms with Gasteiger partial charge in [-0.2, -0.15) is 0 Å². The fourth-order valence-electron chi connectivity index (χ4n) is 7.20. The Hall–Kier alpha value is -3.06. The molecule has 0 amide bonds. The Morgan fingerprint density at radius 2 is 1.02 bits per heavy atom. The van der Waals surface area contributed by atoms with Crippen molar-refractivity contribution < 1.29 is 73.8 Å². The molecule has 2 aliphatic heterocycles. The van der Waals surface area contributed by atoms with Crippen molar-refractivity contribution in [1.82, 2.24) is 0 Å². The van der Waals surface area contributed by atoms with Crippen molar-refractivity contribution in [3.8, 4) is 0 Å². The van der Waals surface area contributed by atoms with Gasteiger partial charge >= 0.3 is 11.9 Å². The van der Waals surface area contributed by atoms with Crippen molar-refractivity contribution in [1.29, 1.82) is 0 Å². The molecule has 2 saturated heterocycles. The van der Waals surface area contributed by atoms with Crippen LogP contribution in [0, 0.1) is 0 Å². The van der Waals surface area contributed by atoms with Gasteiger partial charge < -0.3 is 64.2 Å². The first-order chi connectivity index (χ1) is 32.0. The van der Waals surface area contributed by atoms with Gasteiger partial charge in [0.15, 0.2) is 18.7 Å². The third-order valence-electron chi connectivity index (χ3n) is 11.3. The largest absolute Gasteiger partial charge is 0.462 e. The predicted molar refractivity (Wildman–Crippen MR) is 252 cm³/mol. The first-order valence-electron chi connectivity index (χ1n) is 24.6. The second kappa shape index (κ2) is 37.9. The molecule has 378 valence electrons. The van der Waals surface area contributed by atoms with Crippen molar-refractivity contribution in [2.75, 3.05) is 26.4 Å². The van der Waals surface area contributed by atoms with Crippen LogP contribution in [0.1, 0.15) is 142 Å². The van der Waals surface area contributed by atoms with Gasteiger partial charge in [-0.25, -0.2) is 0 Å². The summed E-state index contributed by atoms with van der Waals surface area (Å²) in [6.07, 6.45) is 26.5. The number of rotatable bonds is 36. The average molecular weight is 937 g/mol. The van der Waals surface area contributed by atoms with Crippen LogP contribution in [0.5, 0.6) is 0 Å². The second-order valence-electron chi connectivity index (χ2n) is 17.0. The zero-order chi connectivity index (χ0) is 48.2.